The molecule has 134 valence electrons. The van der Waals surface area contributed by atoms with E-state index in [0.29, 0.717) is 17.1 Å². The Kier molecular flexibility index (Phi) is 5.75. The van der Waals surface area contributed by atoms with Crippen molar-refractivity contribution in [2.45, 2.75) is 13.5 Å². The molecule has 0 saturated carbocycles. The van der Waals surface area contributed by atoms with Gasteiger partial charge in [0, 0.05) is 18.8 Å². The van der Waals surface area contributed by atoms with Crippen LogP contribution >= 0.6 is 0 Å². The van der Waals surface area contributed by atoms with Crippen LogP contribution in [0.4, 0.5) is 11.5 Å². The van der Waals surface area contributed by atoms with Gasteiger partial charge in [0.2, 0.25) is 0 Å². The number of amides is 1. The van der Waals surface area contributed by atoms with Gasteiger partial charge in [-0.3, -0.25) is 4.79 Å². The van der Waals surface area contributed by atoms with Crippen LogP contribution in [0.5, 0.6) is 0 Å². The molecule has 0 aliphatic carbocycles. The minimum Gasteiger partial charge on any atom is -0.351 e. The molecule has 6 nitrogen and oxygen atoms in total. The van der Waals surface area contributed by atoms with Crippen molar-refractivity contribution in [3.05, 3.63) is 83.6 Å². The van der Waals surface area contributed by atoms with E-state index in [4.69, 9.17) is 5.26 Å². The van der Waals surface area contributed by atoms with Gasteiger partial charge in [-0.1, -0.05) is 36.4 Å². The summed E-state index contributed by atoms with van der Waals surface area (Å²) >= 11 is 0. The average Bonchev–Trinajstić information content (AvgIpc) is 2.73. The van der Waals surface area contributed by atoms with E-state index < -0.39 is 0 Å². The maximum Gasteiger partial charge on any atom is 0.276 e. The number of carbonyl (C=O) groups is 1. The number of aromatic nitrogens is 2. The van der Waals surface area contributed by atoms with E-state index >= 15 is 0 Å². The van der Waals surface area contributed by atoms with E-state index in [1.807, 2.05) is 31.2 Å². The number of rotatable bonds is 6. The number of nitrogens with zero attached hydrogens (tertiary/aromatic N) is 4. The first-order valence-electron chi connectivity index (χ1n) is 8.63. The monoisotopic (exact) mass is 357 g/mol. The summed E-state index contributed by atoms with van der Waals surface area (Å²) in [5.74, 6) is 0.347. The number of benzene rings is 2. The number of hydrogen-bond donors (Lipinski definition) is 1. The highest BCUT2D eigenvalue weighted by atomic mass is 16.1. The second-order valence-corrected chi connectivity index (χ2v) is 5.92. The van der Waals surface area contributed by atoms with Crippen molar-refractivity contribution >= 4 is 17.4 Å². The average molecular weight is 357 g/mol. The Hall–Kier alpha value is -3.72. The van der Waals surface area contributed by atoms with Crippen LogP contribution in [0.15, 0.2) is 66.7 Å². The van der Waals surface area contributed by atoms with Crippen LogP contribution in [0.3, 0.4) is 0 Å². The summed E-state index contributed by atoms with van der Waals surface area (Å²) < 4.78 is 0. The fourth-order valence-electron chi connectivity index (χ4n) is 2.64. The molecule has 2 aromatic carbocycles. The van der Waals surface area contributed by atoms with Gasteiger partial charge < -0.3 is 10.2 Å². The molecule has 1 amide bonds. The summed E-state index contributed by atoms with van der Waals surface area (Å²) in [5, 5.41) is 19.9. The van der Waals surface area contributed by atoms with Gasteiger partial charge in [0.05, 0.1) is 11.6 Å². The van der Waals surface area contributed by atoms with Crippen molar-refractivity contribution < 1.29 is 4.79 Å². The molecule has 0 fully saturated rings. The minimum atomic E-state index is -0.366. The van der Waals surface area contributed by atoms with E-state index in [-0.39, 0.29) is 11.6 Å². The van der Waals surface area contributed by atoms with E-state index in [9.17, 15) is 4.79 Å². The smallest absolute Gasteiger partial charge is 0.276 e. The van der Waals surface area contributed by atoms with Gasteiger partial charge in [-0.25, -0.2) is 0 Å². The van der Waals surface area contributed by atoms with Crippen LogP contribution in [0, 0.1) is 11.3 Å². The minimum absolute atomic E-state index is 0.219. The maximum atomic E-state index is 12.3. The highest BCUT2D eigenvalue weighted by Crippen LogP contribution is 2.15. The van der Waals surface area contributed by atoms with Gasteiger partial charge in [-0.2, -0.15) is 5.26 Å². The van der Waals surface area contributed by atoms with Crippen LogP contribution in [0.1, 0.15) is 28.5 Å². The lowest BCUT2D eigenvalue weighted by Crippen LogP contribution is -2.24. The van der Waals surface area contributed by atoms with Gasteiger partial charge in [0.15, 0.2) is 11.5 Å². The molecular formula is C21H19N5O. The zero-order valence-electron chi connectivity index (χ0n) is 15.0. The molecule has 1 aromatic heterocycles. The molecule has 0 atom stereocenters. The second-order valence-electron chi connectivity index (χ2n) is 5.92. The van der Waals surface area contributed by atoms with Gasteiger partial charge in [0.25, 0.3) is 5.91 Å². The summed E-state index contributed by atoms with van der Waals surface area (Å²) in [4.78, 5) is 14.4. The Balaban J connectivity index is 1.70. The van der Waals surface area contributed by atoms with Crippen molar-refractivity contribution in [3.63, 3.8) is 0 Å². The lowest BCUT2D eigenvalue weighted by molar-refractivity contribution is 0.102. The number of nitrogens with one attached hydrogen (secondary N) is 1. The topological polar surface area (TPSA) is 81.9 Å². The van der Waals surface area contributed by atoms with Crippen molar-refractivity contribution in [2.75, 3.05) is 16.8 Å². The van der Waals surface area contributed by atoms with Gasteiger partial charge in [0.1, 0.15) is 0 Å². The van der Waals surface area contributed by atoms with E-state index in [2.05, 4.69) is 32.5 Å². The second kappa shape index (κ2) is 8.59. The molecule has 1 heterocycles. The Labute approximate surface area is 158 Å². The molecule has 0 radical (unpaired) electrons. The number of carbonyl (C=O) groups excluding carboxylic acids is 1. The molecule has 27 heavy (non-hydrogen) atoms. The van der Waals surface area contributed by atoms with Gasteiger partial charge >= 0.3 is 0 Å². The Bertz CT molecular complexity index is 948. The van der Waals surface area contributed by atoms with Crippen LogP contribution < -0.4 is 10.2 Å². The van der Waals surface area contributed by atoms with Crippen LogP contribution in [-0.4, -0.2) is 22.6 Å². The van der Waals surface area contributed by atoms with Gasteiger partial charge in [-0.15, -0.1) is 10.2 Å². The summed E-state index contributed by atoms with van der Waals surface area (Å²) in [6.07, 6.45) is 0. The molecule has 0 saturated heterocycles. The van der Waals surface area contributed by atoms with Crippen molar-refractivity contribution in [1.29, 1.82) is 5.26 Å². The van der Waals surface area contributed by atoms with Crippen LogP contribution in [-0.2, 0) is 6.54 Å². The molecule has 3 rings (SSSR count). The molecule has 3 aromatic rings. The third-order valence-electron chi connectivity index (χ3n) is 4.05. The summed E-state index contributed by atoms with van der Waals surface area (Å²) in [7, 11) is 0. The van der Waals surface area contributed by atoms with Crippen molar-refractivity contribution in [1.82, 2.24) is 10.2 Å². The number of nitriles is 1. The quantitative estimate of drug-likeness (QED) is 0.728. The zero-order valence-corrected chi connectivity index (χ0v) is 15.0. The normalized spacial score (nSPS) is 10.1. The van der Waals surface area contributed by atoms with Crippen molar-refractivity contribution in [2.24, 2.45) is 0 Å². The summed E-state index contributed by atoms with van der Waals surface area (Å²) in [6.45, 7) is 3.54. The number of anilines is 2. The van der Waals surface area contributed by atoms with Crippen LogP contribution in [0.25, 0.3) is 0 Å². The molecular weight excluding hydrogens is 338 g/mol. The summed E-state index contributed by atoms with van der Waals surface area (Å²) in [5.41, 5.74) is 2.43. The Morgan fingerprint density at radius 1 is 1.07 bits per heavy atom. The van der Waals surface area contributed by atoms with Crippen molar-refractivity contribution in [3.8, 4) is 6.07 Å². The maximum absolute atomic E-state index is 12.3. The highest BCUT2D eigenvalue weighted by Gasteiger charge is 2.12. The Morgan fingerprint density at radius 2 is 1.89 bits per heavy atom. The predicted molar refractivity (Wildman–Crippen MR) is 104 cm³/mol. The van der Waals surface area contributed by atoms with Gasteiger partial charge in [-0.05, 0) is 42.8 Å². The molecule has 6 heteroatoms. The largest absolute Gasteiger partial charge is 0.351 e. The standard InChI is InChI=1S/C21H19N5O/c1-2-26(15-16-7-4-3-5-8-16)20-12-11-19(24-25-20)21(27)23-18-10-6-9-17(13-18)14-22/h3-13H,2,15H2,1H3,(H,23,27). The molecule has 0 bridgehead atoms. The lowest BCUT2D eigenvalue weighted by Gasteiger charge is -2.21. The lowest BCUT2D eigenvalue weighted by atomic mass is 10.2. The van der Waals surface area contributed by atoms with E-state index in [0.717, 1.165) is 13.1 Å². The first-order chi connectivity index (χ1) is 13.2. The fraction of sp³-hybridized carbons (Fsp3) is 0.143. The third kappa shape index (κ3) is 4.67. The van der Waals surface area contributed by atoms with Crippen LogP contribution in [0.2, 0.25) is 0 Å². The molecule has 0 unspecified atom stereocenters. The van der Waals surface area contributed by atoms with E-state index in [1.165, 1.54) is 5.56 Å². The zero-order chi connectivity index (χ0) is 19.1. The SMILES string of the molecule is CCN(Cc1ccccc1)c1ccc(C(=O)Nc2cccc(C#N)c2)nn1. The molecule has 1 N–H and O–H groups in total. The predicted octanol–water partition coefficient (Wildman–Crippen LogP) is 3.63. The van der Waals surface area contributed by atoms with E-state index in [1.54, 1.807) is 36.4 Å². The fourth-order valence-corrected chi connectivity index (χ4v) is 2.64. The summed E-state index contributed by atoms with van der Waals surface area (Å²) in [6, 6.07) is 22.3. The first-order valence-corrected chi connectivity index (χ1v) is 8.63. The third-order valence-corrected chi connectivity index (χ3v) is 4.05. The molecule has 0 spiro atoms. The Morgan fingerprint density at radius 3 is 2.56 bits per heavy atom. The highest BCUT2D eigenvalue weighted by molar-refractivity contribution is 6.02. The number of hydrogen-bond acceptors (Lipinski definition) is 5. The molecule has 0 aliphatic rings. The first kappa shape index (κ1) is 18.1. The molecule has 0 aliphatic heterocycles.